The van der Waals surface area contributed by atoms with Crippen LogP contribution in [0.1, 0.15) is 5.01 Å². The molecule has 0 bridgehead atoms. The number of hydrogen-bond donors (Lipinski definition) is 1. The van der Waals surface area contributed by atoms with Gasteiger partial charge < -0.3 is 14.8 Å². The fourth-order valence-electron chi connectivity index (χ4n) is 1.65. The van der Waals surface area contributed by atoms with E-state index >= 15 is 0 Å². The third kappa shape index (κ3) is 2.27. The molecule has 3 heterocycles. The van der Waals surface area contributed by atoms with Gasteiger partial charge in [0, 0.05) is 18.8 Å². The smallest absolute Gasteiger partial charge is 0.277 e. The Kier molecular flexibility index (Phi) is 3.10. The topological polar surface area (TPSA) is 95.7 Å². The molecule has 0 fully saturated rings. The Bertz CT molecular complexity index is 685. The summed E-state index contributed by atoms with van der Waals surface area (Å²) in [5.74, 6) is 0.916. The van der Waals surface area contributed by atoms with Gasteiger partial charge in [0.2, 0.25) is 5.82 Å². The number of hydrogen-bond acceptors (Lipinski definition) is 7. The molecule has 0 aliphatic rings. The minimum atomic E-state index is 0.413. The average molecular weight is 276 g/mol. The van der Waals surface area contributed by atoms with Crippen molar-refractivity contribution in [3.05, 3.63) is 22.9 Å². The summed E-state index contributed by atoms with van der Waals surface area (Å²) in [5.41, 5.74) is 6.99. The molecule has 3 aromatic rings. The largest absolute Gasteiger partial charge is 0.332 e. The van der Waals surface area contributed by atoms with Crippen LogP contribution in [0, 0.1) is 0 Å². The molecule has 0 spiro atoms. The number of nitrogens with zero attached hydrogens (tertiary/aromatic N) is 5. The predicted molar refractivity (Wildman–Crippen MR) is 70.4 cm³/mol. The highest BCUT2D eigenvalue weighted by molar-refractivity contribution is 7.09. The van der Waals surface area contributed by atoms with Gasteiger partial charge in [-0.25, -0.2) is 9.97 Å². The van der Waals surface area contributed by atoms with E-state index in [2.05, 4.69) is 20.1 Å². The highest BCUT2D eigenvalue weighted by Gasteiger charge is 2.15. The Balaban J connectivity index is 1.90. The van der Waals surface area contributed by atoms with Crippen LogP contribution in [-0.2, 0) is 13.5 Å². The van der Waals surface area contributed by atoms with Crippen LogP contribution in [0.25, 0.3) is 23.1 Å². The third-order valence-corrected chi connectivity index (χ3v) is 3.51. The molecule has 19 heavy (non-hydrogen) atoms. The zero-order valence-corrected chi connectivity index (χ0v) is 11.1. The van der Waals surface area contributed by atoms with Gasteiger partial charge >= 0.3 is 0 Å². The fourth-order valence-corrected chi connectivity index (χ4v) is 2.44. The Morgan fingerprint density at radius 2 is 2.32 bits per heavy atom. The first kappa shape index (κ1) is 12.0. The molecule has 98 valence electrons. The van der Waals surface area contributed by atoms with Crippen molar-refractivity contribution in [1.82, 2.24) is 24.7 Å². The summed E-state index contributed by atoms with van der Waals surface area (Å²) >= 11 is 1.54. The molecule has 0 saturated heterocycles. The number of imidazole rings is 1. The summed E-state index contributed by atoms with van der Waals surface area (Å²) in [6, 6.07) is 0. The highest BCUT2D eigenvalue weighted by Crippen LogP contribution is 2.23. The fraction of sp³-hybridized carbons (Fsp3) is 0.273. The van der Waals surface area contributed by atoms with E-state index in [0.717, 1.165) is 17.1 Å². The zero-order valence-electron chi connectivity index (χ0n) is 10.3. The molecule has 0 aromatic carbocycles. The van der Waals surface area contributed by atoms with Gasteiger partial charge in [0.05, 0.1) is 17.5 Å². The molecule has 2 N–H and O–H groups in total. The van der Waals surface area contributed by atoms with Gasteiger partial charge in [0.25, 0.3) is 5.89 Å². The maximum atomic E-state index is 5.50. The van der Waals surface area contributed by atoms with Crippen molar-refractivity contribution in [2.24, 2.45) is 12.8 Å². The minimum Gasteiger partial charge on any atom is -0.332 e. The molecule has 3 aromatic heterocycles. The first-order valence-corrected chi connectivity index (χ1v) is 6.61. The van der Waals surface area contributed by atoms with Crippen LogP contribution in [0.5, 0.6) is 0 Å². The second-order valence-electron chi connectivity index (χ2n) is 3.98. The first-order valence-electron chi connectivity index (χ1n) is 5.73. The van der Waals surface area contributed by atoms with Crippen LogP contribution in [0.4, 0.5) is 0 Å². The van der Waals surface area contributed by atoms with E-state index < -0.39 is 0 Å². The molecule has 8 heteroatoms. The second kappa shape index (κ2) is 4.90. The van der Waals surface area contributed by atoms with Crippen LogP contribution in [0.3, 0.4) is 0 Å². The van der Waals surface area contributed by atoms with E-state index in [1.54, 1.807) is 23.9 Å². The van der Waals surface area contributed by atoms with Gasteiger partial charge in [-0.1, -0.05) is 5.16 Å². The van der Waals surface area contributed by atoms with Crippen LogP contribution in [-0.4, -0.2) is 31.2 Å². The lowest BCUT2D eigenvalue weighted by molar-refractivity contribution is 0.430. The minimum absolute atomic E-state index is 0.413. The average Bonchev–Trinajstić information content (AvgIpc) is 3.08. The molecule has 0 unspecified atom stereocenters. The van der Waals surface area contributed by atoms with Gasteiger partial charge in [-0.05, 0) is 6.54 Å². The lowest BCUT2D eigenvalue weighted by Crippen LogP contribution is -2.01. The molecule has 0 saturated carbocycles. The number of rotatable bonds is 4. The van der Waals surface area contributed by atoms with Crippen molar-refractivity contribution < 1.29 is 4.52 Å². The zero-order chi connectivity index (χ0) is 13.2. The summed E-state index contributed by atoms with van der Waals surface area (Å²) in [5, 5.41) is 6.81. The van der Waals surface area contributed by atoms with Gasteiger partial charge in [-0.15, -0.1) is 11.3 Å². The van der Waals surface area contributed by atoms with Crippen molar-refractivity contribution in [2.75, 3.05) is 6.54 Å². The van der Waals surface area contributed by atoms with E-state index in [9.17, 15) is 0 Å². The quantitative estimate of drug-likeness (QED) is 0.766. The molecule has 7 nitrogen and oxygen atoms in total. The Hall–Kier alpha value is -2.06. The number of aryl methyl sites for hydroxylation is 1. The third-order valence-electron chi connectivity index (χ3n) is 2.60. The summed E-state index contributed by atoms with van der Waals surface area (Å²) in [6.45, 7) is 0.580. The van der Waals surface area contributed by atoms with Crippen LogP contribution >= 0.6 is 11.3 Å². The first-order chi connectivity index (χ1) is 9.28. The van der Waals surface area contributed by atoms with Crippen LogP contribution in [0.15, 0.2) is 22.4 Å². The summed E-state index contributed by atoms with van der Waals surface area (Å²) in [7, 11) is 1.88. The summed E-state index contributed by atoms with van der Waals surface area (Å²) in [6.07, 6.45) is 4.14. The number of nitrogens with two attached hydrogens (primary N) is 1. The van der Waals surface area contributed by atoms with Crippen molar-refractivity contribution in [1.29, 1.82) is 0 Å². The van der Waals surface area contributed by atoms with Crippen molar-refractivity contribution in [2.45, 2.75) is 6.42 Å². The Morgan fingerprint density at radius 1 is 1.42 bits per heavy atom. The Morgan fingerprint density at radius 3 is 3.05 bits per heavy atom. The number of thiazole rings is 1. The van der Waals surface area contributed by atoms with E-state index in [0.29, 0.717) is 24.0 Å². The van der Waals surface area contributed by atoms with Crippen molar-refractivity contribution in [3.8, 4) is 23.1 Å². The lowest BCUT2D eigenvalue weighted by Gasteiger charge is -1.92. The van der Waals surface area contributed by atoms with Gasteiger partial charge in [0.1, 0.15) is 11.4 Å². The van der Waals surface area contributed by atoms with Gasteiger partial charge in [-0.3, -0.25) is 0 Å². The van der Waals surface area contributed by atoms with Gasteiger partial charge in [0.15, 0.2) is 0 Å². The molecule has 3 rings (SSSR count). The van der Waals surface area contributed by atoms with E-state index in [4.69, 9.17) is 10.3 Å². The number of aromatic nitrogens is 5. The Labute approximate surface area is 113 Å². The molecular formula is C11H12N6OS. The monoisotopic (exact) mass is 276 g/mol. The van der Waals surface area contributed by atoms with E-state index in [1.807, 2.05) is 17.0 Å². The standard InChI is InChI=1S/C11H12N6OS/c1-17-6-13-4-8(17)10-15-11(18-16-10)7-5-19-9(14-7)2-3-12/h4-6H,2-3,12H2,1H3. The molecule has 0 amide bonds. The lowest BCUT2D eigenvalue weighted by atomic mass is 10.4. The highest BCUT2D eigenvalue weighted by atomic mass is 32.1. The van der Waals surface area contributed by atoms with Gasteiger partial charge in [-0.2, -0.15) is 4.98 Å². The molecular weight excluding hydrogens is 264 g/mol. The van der Waals surface area contributed by atoms with Crippen LogP contribution in [0.2, 0.25) is 0 Å². The molecule has 0 aliphatic carbocycles. The normalized spacial score (nSPS) is 11.1. The van der Waals surface area contributed by atoms with Crippen LogP contribution < -0.4 is 5.73 Å². The van der Waals surface area contributed by atoms with Crippen molar-refractivity contribution in [3.63, 3.8) is 0 Å². The maximum absolute atomic E-state index is 5.50. The molecule has 0 atom stereocenters. The summed E-state index contributed by atoms with van der Waals surface area (Å²) < 4.78 is 7.06. The second-order valence-corrected chi connectivity index (χ2v) is 4.92. The SMILES string of the molecule is Cn1cncc1-c1noc(-c2csc(CCN)n2)n1. The molecule has 0 radical (unpaired) electrons. The van der Waals surface area contributed by atoms with E-state index in [-0.39, 0.29) is 0 Å². The molecule has 0 aliphatic heterocycles. The maximum Gasteiger partial charge on any atom is 0.277 e. The van der Waals surface area contributed by atoms with E-state index in [1.165, 1.54) is 0 Å². The summed E-state index contributed by atoms with van der Waals surface area (Å²) in [4.78, 5) is 12.8. The predicted octanol–water partition coefficient (Wildman–Crippen LogP) is 1.09. The van der Waals surface area contributed by atoms with Crippen molar-refractivity contribution >= 4 is 11.3 Å².